The summed E-state index contributed by atoms with van der Waals surface area (Å²) in [5.74, 6) is 2.31. The van der Waals surface area contributed by atoms with Crippen molar-refractivity contribution in [2.24, 2.45) is 0 Å². The van der Waals surface area contributed by atoms with Gasteiger partial charge >= 0.3 is 0 Å². The number of piperazine rings is 1. The van der Waals surface area contributed by atoms with Crippen LogP contribution in [0.2, 0.25) is 0 Å². The standard InChI is InChI=1S/C31H36N8O4/c1-21(2)25-16-28(36-31(35-25)38-11-10-33-20-38)39-13-12-37(30(41)23-6-5-9-32-18-23)19-24(39)15-29(40)34-17-22-7-8-26(42-3)27(14-22)43-4/h5-11,14,16,18,20-21,24H,12-13,15,17,19H2,1-4H3,(H,34,40). The van der Waals surface area contributed by atoms with E-state index < -0.39 is 0 Å². The summed E-state index contributed by atoms with van der Waals surface area (Å²) in [7, 11) is 3.16. The summed E-state index contributed by atoms with van der Waals surface area (Å²) in [5.41, 5.74) is 2.26. The zero-order valence-electron chi connectivity index (χ0n) is 24.8. The topological polar surface area (TPSA) is 128 Å². The second kappa shape index (κ2) is 13.3. The zero-order valence-corrected chi connectivity index (χ0v) is 24.8. The zero-order chi connectivity index (χ0) is 30.3. The maximum Gasteiger partial charge on any atom is 0.255 e. The number of nitrogens with zero attached hydrogens (tertiary/aromatic N) is 7. The van der Waals surface area contributed by atoms with Gasteiger partial charge in [-0.05, 0) is 35.7 Å². The lowest BCUT2D eigenvalue weighted by molar-refractivity contribution is -0.121. The normalized spacial score (nSPS) is 15.0. The molecule has 1 N–H and O–H groups in total. The van der Waals surface area contributed by atoms with E-state index in [1.165, 1.54) is 0 Å². The smallest absolute Gasteiger partial charge is 0.255 e. The van der Waals surface area contributed by atoms with Crippen LogP contribution in [0.25, 0.3) is 5.95 Å². The minimum atomic E-state index is -0.328. The number of amides is 2. The van der Waals surface area contributed by atoms with Crippen LogP contribution in [0.4, 0.5) is 5.82 Å². The molecule has 12 nitrogen and oxygen atoms in total. The van der Waals surface area contributed by atoms with Crippen molar-refractivity contribution in [2.45, 2.75) is 38.8 Å². The van der Waals surface area contributed by atoms with Gasteiger partial charge in [0.25, 0.3) is 5.91 Å². The molecular formula is C31H36N8O4. The first kappa shape index (κ1) is 29.5. The summed E-state index contributed by atoms with van der Waals surface area (Å²) in [4.78, 5) is 48.5. The molecule has 43 heavy (non-hydrogen) atoms. The van der Waals surface area contributed by atoms with Crippen LogP contribution < -0.4 is 19.7 Å². The van der Waals surface area contributed by atoms with Crippen molar-refractivity contribution >= 4 is 17.6 Å². The summed E-state index contributed by atoms with van der Waals surface area (Å²) in [5, 5.41) is 3.03. The third-order valence-electron chi connectivity index (χ3n) is 7.38. The van der Waals surface area contributed by atoms with Gasteiger partial charge in [0.2, 0.25) is 11.9 Å². The predicted molar refractivity (Wildman–Crippen MR) is 161 cm³/mol. The Hall–Kier alpha value is -5.00. The number of benzene rings is 1. The fraction of sp³-hybridized carbons (Fsp3) is 0.355. The molecule has 5 rings (SSSR count). The number of pyridine rings is 1. The van der Waals surface area contributed by atoms with Crippen molar-refractivity contribution in [3.63, 3.8) is 0 Å². The van der Waals surface area contributed by atoms with E-state index in [9.17, 15) is 9.59 Å². The Morgan fingerprint density at radius 3 is 2.56 bits per heavy atom. The Labute approximate surface area is 250 Å². The molecule has 0 saturated carbocycles. The third-order valence-corrected chi connectivity index (χ3v) is 7.38. The first-order chi connectivity index (χ1) is 20.9. The Morgan fingerprint density at radius 2 is 1.86 bits per heavy atom. The summed E-state index contributed by atoms with van der Waals surface area (Å²) in [6, 6.07) is 10.7. The van der Waals surface area contributed by atoms with Crippen molar-refractivity contribution in [3.05, 3.63) is 84.3 Å². The number of anilines is 1. The van der Waals surface area contributed by atoms with E-state index in [4.69, 9.17) is 19.4 Å². The minimum Gasteiger partial charge on any atom is -0.493 e. The minimum absolute atomic E-state index is 0.117. The van der Waals surface area contributed by atoms with Gasteiger partial charge < -0.3 is 24.6 Å². The van der Waals surface area contributed by atoms with E-state index in [-0.39, 0.29) is 30.2 Å². The first-order valence-electron chi connectivity index (χ1n) is 14.2. The van der Waals surface area contributed by atoms with Gasteiger partial charge in [0.05, 0.1) is 31.5 Å². The van der Waals surface area contributed by atoms with E-state index in [0.717, 1.165) is 11.3 Å². The molecular weight excluding hydrogens is 548 g/mol. The average Bonchev–Trinajstić information content (AvgIpc) is 3.59. The highest BCUT2D eigenvalue weighted by Gasteiger charge is 2.33. The third kappa shape index (κ3) is 6.91. The lowest BCUT2D eigenvalue weighted by Crippen LogP contribution is -2.56. The molecule has 0 aliphatic carbocycles. The van der Waals surface area contributed by atoms with Crippen LogP contribution in [0.3, 0.4) is 0 Å². The van der Waals surface area contributed by atoms with Gasteiger partial charge in [0.15, 0.2) is 11.5 Å². The van der Waals surface area contributed by atoms with Gasteiger partial charge in [0.1, 0.15) is 12.1 Å². The number of nitrogens with one attached hydrogen (secondary N) is 1. The van der Waals surface area contributed by atoms with Gasteiger partial charge in [0, 0.05) is 63.5 Å². The number of hydrogen-bond donors (Lipinski definition) is 1. The number of imidazole rings is 1. The molecule has 1 aromatic carbocycles. The number of rotatable bonds is 10. The summed E-state index contributed by atoms with van der Waals surface area (Å²) in [6.07, 6.45) is 8.50. The highest BCUT2D eigenvalue weighted by atomic mass is 16.5. The first-order valence-corrected chi connectivity index (χ1v) is 14.2. The number of carbonyl (C=O) groups is 2. The molecule has 0 radical (unpaired) electrons. The van der Waals surface area contributed by atoms with E-state index in [1.807, 2.05) is 24.3 Å². The van der Waals surface area contributed by atoms with E-state index >= 15 is 0 Å². The Kier molecular flexibility index (Phi) is 9.14. The fourth-order valence-corrected chi connectivity index (χ4v) is 5.04. The SMILES string of the molecule is COc1ccc(CNC(=O)CC2CN(C(=O)c3cccnc3)CCN2c2cc(C(C)C)nc(-n3ccnc3)n2)cc1OC. The maximum atomic E-state index is 13.4. The fourth-order valence-electron chi connectivity index (χ4n) is 5.04. The number of methoxy groups -OCH3 is 2. The van der Waals surface area contributed by atoms with Gasteiger partial charge in [-0.3, -0.25) is 19.1 Å². The van der Waals surface area contributed by atoms with Gasteiger partial charge in [-0.2, -0.15) is 4.98 Å². The van der Waals surface area contributed by atoms with Crippen LogP contribution in [0.15, 0.2) is 67.5 Å². The van der Waals surface area contributed by atoms with Crippen LogP contribution >= 0.6 is 0 Å². The molecule has 4 heterocycles. The molecule has 2 amide bonds. The molecule has 3 aromatic heterocycles. The number of aromatic nitrogens is 5. The molecule has 4 aromatic rings. The number of hydrogen-bond acceptors (Lipinski definition) is 9. The summed E-state index contributed by atoms with van der Waals surface area (Å²) < 4.78 is 12.5. The molecule has 1 atom stereocenters. The van der Waals surface area contributed by atoms with E-state index in [1.54, 1.807) is 66.9 Å². The monoisotopic (exact) mass is 584 g/mol. The number of carbonyl (C=O) groups excluding carboxylic acids is 2. The maximum absolute atomic E-state index is 13.4. The molecule has 0 bridgehead atoms. The lowest BCUT2D eigenvalue weighted by atomic mass is 10.1. The van der Waals surface area contributed by atoms with Gasteiger partial charge in [-0.1, -0.05) is 19.9 Å². The quantitative estimate of drug-likeness (QED) is 0.299. The highest BCUT2D eigenvalue weighted by Crippen LogP contribution is 2.28. The van der Waals surface area contributed by atoms with Crippen LogP contribution in [0.1, 0.15) is 47.8 Å². The molecule has 1 aliphatic heterocycles. The Morgan fingerprint density at radius 1 is 1.02 bits per heavy atom. The van der Waals surface area contributed by atoms with Gasteiger partial charge in [-0.25, -0.2) is 9.97 Å². The van der Waals surface area contributed by atoms with Crippen molar-refractivity contribution < 1.29 is 19.1 Å². The second-order valence-corrected chi connectivity index (χ2v) is 10.6. The molecule has 1 aliphatic rings. The van der Waals surface area contributed by atoms with Crippen LogP contribution in [0.5, 0.6) is 11.5 Å². The summed E-state index contributed by atoms with van der Waals surface area (Å²) in [6.45, 7) is 5.79. The number of ether oxygens (including phenoxy) is 2. The molecule has 1 fully saturated rings. The highest BCUT2D eigenvalue weighted by molar-refractivity contribution is 5.94. The Bertz CT molecular complexity index is 1540. The van der Waals surface area contributed by atoms with Crippen molar-refractivity contribution in [3.8, 4) is 17.4 Å². The van der Waals surface area contributed by atoms with E-state index in [0.29, 0.717) is 55.0 Å². The molecule has 1 unspecified atom stereocenters. The van der Waals surface area contributed by atoms with Crippen LogP contribution in [0, 0.1) is 0 Å². The van der Waals surface area contributed by atoms with Crippen molar-refractivity contribution in [1.29, 1.82) is 0 Å². The van der Waals surface area contributed by atoms with Crippen LogP contribution in [-0.2, 0) is 11.3 Å². The molecule has 0 spiro atoms. The second-order valence-electron chi connectivity index (χ2n) is 10.6. The lowest BCUT2D eigenvalue weighted by Gasteiger charge is -2.42. The average molecular weight is 585 g/mol. The van der Waals surface area contributed by atoms with E-state index in [2.05, 4.69) is 34.0 Å². The van der Waals surface area contributed by atoms with Crippen molar-refractivity contribution in [2.75, 3.05) is 38.8 Å². The Balaban J connectivity index is 1.39. The molecule has 224 valence electrons. The van der Waals surface area contributed by atoms with Crippen LogP contribution in [-0.4, -0.2) is 81.1 Å². The molecule has 12 heteroatoms. The largest absolute Gasteiger partial charge is 0.493 e. The van der Waals surface area contributed by atoms with Gasteiger partial charge in [-0.15, -0.1) is 0 Å². The summed E-state index contributed by atoms with van der Waals surface area (Å²) >= 11 is 0. The molecule has 1 saturated heterocycles. The predicted octanol–water partition coefficient (Wildman–Crippen LogP) is 3.24. The van der Waals surface area contributed by atoms with Crippen molar-refractivity contribution in [1.82, 2.24) is 34.7 Å².